The van der Waals surface area contributed by atoms with E-state index in [0.717, 1.165) is 11.3 Å². The lowest BCUT2D eigenvalue weighted by atomic mass is 9.97. The molecular formula is C18H23ClN4O3S. The third kappa shape index (κ3) is 4.51. The molecular weight excluding hydrogens is 388 g/mol. The van der Waals surface area contributed by atoms with Gasteiger partial charge in [-0.05, 0) is 44.0 Å². The molecule has 3 rings (SSSR count). The molecule has 1 aliphatic rings. The van der Waals surface area contributed by atoms with Gasteiger partial charge < -0.3 is 5.32 Å². The summed E-state index contributed by atoms with van der Waals surface area (Å²) in [6.07, 6.45) is 2.90. The maximum absolute atomic E-state index is 12.7. The van der Waals surface area contributed by atoms with E-state index in [0.29, 0.717) is 37.5 Å². The molecule has 1 N–H and O–H groups in total. The number of benzene rings is 1. The minimum absolute atomic E-state index is 0.0400. The Morgan fingerprint density at radius 1 is 1.26 bits per heavy atom. The maximum Gasteiger partial charge on any atom is 0.243 e. The number of sulfonamides is 1. The summed E-state index contributed by atoms with van der Waals surface area (Å²) in [6.45, 7) is 2.99. The van der Waals surface area contributed by atoms with Crippen molar-refractivity contribution in [2.45, 2.75) is 31.2 Å². The first-order valence-corrected chi connectivity index (χ1v) is 10.6. The standard InChI is InChI=1S/C18H23ClN4O3S/c1-13-15(12-22(2)21-13)11-20-18(24)14-7-9-23(10-8-14)27(25,26)17-5-3-16(19)4-6-17/h3-6,12,14H,7-11H2,1-2H3,(H,20,24). The number of amides is 1. The van der Waals surface area contributed by atoms with Crippen LogP contribution in [0.2, 0.25) is 5.02 Å². The van der Waals surface area contributed by atoms with Crippen molar-refractivity contribution in [3.8, 4) is 0 Å². The first-order valence-electron chi connectivity index (χ1n) is 8.80. The van der Waals surface area contributed by atoms with Gasteiger partial charge in [0.25, 0.3) is 0 Å². The lowest BCUT2D eigenvalue weighted by Gasteiger charge is -2.30. The van der Waals surface area contributed by atoms with E-state index >= 15 is 0 Å². The van der Waals surface area contributed by atoms with E-state index in [1.54, 1.807) is 16.8 Å². The highest BCUT2D eigenvalue weighted by molar-refractivity contribution is 7.89. The molecule has 1 fully saturated rings. The Balaban J connectivity index is 1.55. The lowest BCUT2D eigenvalue weighted by Crippen LogP contribution is -2.42. The molecule has 0 aliphatic carbocycles. The molecule has 0 bridgehead atoms. The first-order chi connectivity index (χ1) is 12.8. The molecule has 0 unspecified atom stereocenters. The van der Waals surface area contributed by atoms with E-state index < -0.39 is 10.0 Å². The molecule has 1 amide bonds. The van der Waals surface area contributed by atoms with E-state index in [1.165, 1.54) is 16.4 Å². The van der Waals surface area contributed by atoms with Crippen molar-refractivity contribution in [1.29, 1.82) is 0 Å². The highest BCUT2D eigenvalue weighted by Crippen LogP contribution is 2.25. The molecule has 146 valence electrons. The van der Waals surface area contributed by atoms with Gasteiger partial charge >= 0.3 is 0 Å². The largest absolute Gasteiger partial charge is 0.352 e. The van der Waals surface area contributed by atoms with Crippen molar-refractivity contribution in [3.05, 3.63) is 46.7 Å². The Hall–Kier alpha value is -1.90. The van der Waals surface area contributed by atoms with Gasteiger partial charge in [-0.25, -0.2) is 8.42 Å². The third-order valence-electron chi connectivity index (χ3n) is 4.84. The quantitative estimate of drug-likeness (QED) is 0.818. The second-order valence-electron chi connectivity index (χ2n) is 6.76. The molecule has 2 aromatic rings. The average molecular weight is 411 g/mol. The van der Waals surface area contributed by atoms with Gasteiger partial charge in [0.2, 0.25) is 15.9 Å². The lowest BCUT2D eigenvalue weighted by molar-refractivity contribution is -0.126. The SMILES string of the molecule is Cc1nn(C)cc1CNC(=O)C1CCN(S(=O)(=O)c2ccc(Cl)cc2)CC1. The number of hydrogen-bond donors (Lipinski definition) is 1. The van der Waals surface area contributed by atoms with E-state index in [9.17, 15) is 13.2 Å². The minimum Gasteiger partial charge on any atom is -0.352 e. The number of nitrogens with one attached hydrogen (secondary N) is 1. The summed E-state index contributed by atoms with van der Waals surface area (Å²) in [6, 6.07) is 6.14. The van der Waals surface area contributed by atoms with Gasteiger partial charge in [0.15, 0.2) is 0 Å². The third-order valence-corrected chi connectivity index (χ3v) is 7.01. The number of hydrogen-bond acceptors (Lipinski definition) is 4. The van der Waals surface area contributed by atoms with Crippen LogP contribution < -0.4 is 5.32 Å². The molecule has 2 heterocycles. The highest BCUT2D eigenvalue weighted by Gasteiger charge is 2.32. The van der Waals surface area contributed by atoms with Gasteiger partial charge in [-0.15, -0.1) is 0 Å². The Morgan fingerprint density at radius 3 is 2.44 bits per heavy atom. The number of aromatic nitrogens is 2. The highest BCUT2D eigenvalue weighted by atomic mass is 35.5. The second kappa shape index (κ2) is 8.00. The fourth-order valence-corrected chi connectivity index (χ4v) is 4.86. The van der Waals surface area contributed by atoms with Crippen LogP contribution in [0.15, 0.2) is 35.4 Å². The number of halogens is 1. The molecule has 0 radical (unpaired) electrons. The van der Waals surface area contributed by atoms with Crippen molar-refractivity contribution < 1.29 is 13.2 Å². The molecule has 0 atom stereocenters. The second-order valence-corrected chi connectivity index (χ2v) is 9.14. The summed E-state index contributed by atoms with van der Waals surface area (Å²) in [5.74, 6) is -0.222. The zero-order valence-corrected chi connectivity index (χ0v) is 16.9. The molecule has 27 heavy (non-hydrogen) atoms. The summed E-state index contributed by atoms with van der Waals surface area (Å²) in [4.78, 5) is 12.7. The van der Waals surface area contributed by atoms with Crippen LogP contribution in [0.1, 0.15) is 24.1 Å². The van der Waals surface area contributed by atoms with Crippen LogP contribution in [0.5, 0.6) is 0 Å². The van der Waals surface area contributed by atoms with Crippen molar-refractivity contribution in [2.24, 2.45) is 13.0 Å². The topological polar surface area (TPSA) is 84.3 Å². The summed E-state index contributed by atoms with van der Waals surface area (Å²) in [7, 11) is -1.71. The van der Waals surface area contributed by atoms with Gasteiger partial charge in [-0.1, -0.05) is 11.6 Å². The molecule has 0 spiro atoms. The Bertz CT molecular complexity index is 917. The van der Waals surface area contributed by atoms with Gasteiger partial charge in [-0.3, -0.25) is 9.48 Å². The predicted octanol–water partition coefficient (Wildman–Crippen LogP) is 2.10. The number of nitrogens with zero attached hydrogens (tertiary/aromatic N) is 3. The number of carbonyl (C=O) groups is 1. The summed E-state index contributed by atoms with van der Waals surface area (Å²) in [5.41, 5.74) is 1.87. The molecule has 1 aromatic heterocycles. The predicted molar refractivity (Wildman–Crippen MR) is 103 cm³/mol. The summed E-state index contributed by atoms with van der Waals surface area (Å²) >= 11 is 5.83. The molecule has 1 saturated heterocycles. The van der Waals surface area contributed by atoms with Crippen molar-refractivity contribution in [1.82, 2.24) is 19.4 Å². The summed E-state index contributed by atoms with van der Waals surface area (Å²) < 4.78 is 28.6. The van der Waals surface area contributed by atoms with Gasteiger partial charge in [0.1, 0.15) is 0 Å². The molecule has 1 aliphatic heterocycles. The zero-order chi connectivity index (χ0) is 19.6. The van der Waals surface area contributed by atoms with Gasteiger partial charge in [0, 0.05) is 49.4 Å². The first kappa shape index (κ1) is 19.9. The fraction of sp³-hybridized carbons (Fsp3) is 0.444. The molecule has 9 heteroatoms. The average Bonchev–Trinajstić information content (AvgIpc) is 2.97. The number of rotatable bonds is 5. The van der Waals surface area contributed by atoms with Crippen molar-refractivity contribution in [2.75, 3.05) is 13.1 Å². The van der Waals surface area contributed by atoms with Crippen LogP contribution >= 0.6 is 11.6 Å². The maximum atomic E-state index is 12.7. The van der Waals surface area contributed by atoms with E-state index in [2.05, 4.69) is 10.4 Å². The van der Waals surface area contributed by atoms with E-state index in [4.69, 9.17) is 11.6 Å². The normalized spacial score (nSPS) is 16.4. The minimum atomic E-state index is -3.55. The van der Waals surface area contributed by atoms with Crippen LogP contribution in [0, 0.1) is 12.8 Å². The summed E-state index contributed by atoms with van der Waals surface area (Å²) in [5, 5.41) is 7.69. The van der Waals surface area contributed by atoms with Crippen molar-refractivity contribution in [3.63, 3.8) is 0 Å². The van der Waals surface area contributed by atoms with Crippen LogP contribution in [0.25, 0.3) is 0 Å². The van der Waals surface area contributed by atoms with Crippen LogP contribution in [0.3, 0.4) is 0 Å². The van der Waals surface area contributed by atoms with Crippen molar-refractivity contribution >= 4 is 27.5 Å². The Kier molecular flexibility index (Phi) is 5.88. The van der Waals surface area contributed by atoms with Gasteiger partial charge in [-0.2, -0.15) is 9.40 Å². The fourth-order valence-electron chi connectivity index (χ4n) is 3.26. The van der Waals surface area contributed by atoms with Crippen LogP contribution in [0.4, 0.5) is 0 Å². The number of aryl methyl sites for hydroxylation is 2. The molecule has 1 aromatic carbocycles. The molecule has 7 nitrogen and oxygen atoms in total. The molecule has 0 saturated carbocycles. The van der Waals surface area contributed by atoms with Crippen LogP contribution in [-0.4, -0.2) is 41.5 Å². The number of piperidine rings is 1. The monoisotopic (exact) mass is 410 g/mol. The van der Waals surface area contributed by atoms with E-state index in [1.807, 2.05) is 20.2 Å². The van der Waals surface area contributed by atoms with Crippen LogP contribution in [-0.2, 0) is 28.4 Å². The smallest absolute Gasteiger partial charge is 0.243 e. The Labute approximate surface area is 164 Å². The van der Waals surface area contributed by atoms with E-state index in [-0.39, 0.29) is 16.7 Å². The number of carbonyl (C=O) groups excluding carboxylic acids is 1. The zero-order valence-electron chi connectivity index (χ0n) is 15.4. The Morgan fingerprint density at radius 2 is 1.89 bits per heavy atom. The van der Waals surface area contributed by atoms with Gasteiger partial charge in [0.05, 0.1) is 10.6 Å².